The largest absolute Gasteiger partial charge is 0.407 e. The number of hydrogen-bond acceptors (Lipinski definition) is 4. The SMILES string of the molecule is NC1CCN(c2c(-c3cc(F)cc(F)c3)cnc3ccc(-c4cccc(C(N)C(F)(F)F)c4)cc23)CC1. The predicted octanol–water partition coefficient (Wildman–Crippen LogP) is 6.34. The Kier molecular flexibility index (Phi) is 6.59. The third-order valence-electron chi connectivity index (χ3n) is 6.80. The van der Waals surface area contributed by atoms with Crippen molar-refractivity contribution in [2.24, 2.45) is 11.5 Å². The maximum atomic E-state index is 14.1. The van der Waals surface area contributed by atoms with Gasteiger partial charge in [0.1, 0.15) is 17.7 Å². The van der Waals surface area contributed by atoms with E-state index in [2.05, 4.69) is 9.88 Å². The Bertz CT molecular complexity index is 1420. The number of benzene rings is 3. The van der Waals surface area contributed by atoms with Crippen LogP contribution in [0.4, 0.5) is 27.6 Å². The molecule has 0 radical (unpaired) electrons. The Labute approximate surface area is 210 Å². The second kappa shape index (κ2) is 9.72. The molecule has 1 saturated heterocycles. The van der Waals surface area contributed by atoms with Gasteiger partial charge < -0.3 is 16.4 Å². The van der Waals surface area contributed by atoms with Crippen molar-refractivity contribution in [3.05, 3.63) is 84.1 Å². The monoisotopic (exact) mass is 512 g/mol. The topological polar surface area (TPSA) is 68.2 Å². The maximum absolute atomic E-state index is 14.1. The molecular formula is C28H25F5N4. The molecule has 4 aromatic rings. The molecule has 4 nitrogen and oxygen atoms in total. The van der Waals surface area contributed by atoms with Crippen LogP contribution in [-0.2, 0) is 0 Å². The predicted molar refractivity (Wildman–Crippen MR) is 135 cm³/mol. The van der Waals surface area contributed by atoms with Crippen molar-refractivity contribution in [3.8, 4) is 22.3 Å². The van der Waals surface area contributed by atoms with Crippen LogP contribution >= 0.6 is 0 Å². The van der Waals surface area contributed by atoms with E-state index in [1.165, 1.54) is 30.3 Å². The van der Waals surface area contributed by atoms with Crippen molar-refractivity contribution in [1.82, 2.24) is 4.98 Å². The normalized spacial score (nSPS) is 15.8. The Hall–Kier alpha value is -3.56. The Morgan fingerprint density at radius 3 is 2.22 bits per heavy atom. The van der Waals surface area contributed by atoms with Gasteiger partial charge in [0, 0.05) is 42.3 Å². The number of nitrogens with zero attached hydrogens (tertiary/aromatic N) is 2. The minimum atomic E-state index is -4.57. The van der Waals surface area contributed by atoms with E-state index in [1.54, 1.807) is 24.4 Å². The second-order valence-electron chi connectivity index (χ2n) is 9.38. The highest BCUT2D eigenvalue weighted by Crippen LogP contribution is 2.40. The first-order chi connectivity index (χ1) is 17.6. The molecule has 1 unspecified atom stereocenters. The summed E-state index contributed by atoms with van der Waals surface area (Å²) in [5.74, 6) is -1.40. The molecule has 0 aliphatic carbocycles. The average molecular weight is 513 g/mol. The lowest BCUT2D eigenvalue weighted by Gasteiger charge is -2.34. The number of piperidine rings is 1. The lowest BCUT2D eigenvalue weighted by Crippen LogP contribution is -2.40. The van der Waals surface area contributed by atoms with Gasteiger partial charge in [0.05, 0.1) is 11.2 Å². The van der Waals surface area contributed by atoms with E-state index in [4.69, 9.17) is 11.5 Å². The van der Waals surface area contributed by atoms with Crippen LogP contribution in [-0.4, -0.2) is 30.3 Å². The molecule has 37 heavy (non-hydrogen) atoms. The minimum Gasteiger partial charge on any atom is -0.370 e. The van der Waals surface area contributed by atoms with E-state index in [1.807, 2.05) is 6.07 Å². The summed E-state index contributed by atoms with van der Waals surface area (Å²) in [6, 6.07) is 12.8. The number of fused-ring (bicyclic) bond motifs is 1. The highest BCUT2D eigenvalue weighted by atomic mass is 19.4. The van der Waals surface area contributed by atoms with Gasteiger partial charge in [-0.25, -0.2) is 8.78 Å². The fraction of sp³-hybridized carbons (Fsp3) is 0.250. The van der Waals surface area contributed by atoms with E-state index < -0.39 is 23.9 Å². The van der Waals surface area contributed by atoms with Gasteiger partial charge >= 0.3 is 6.18 Å². The molecule has 1 aromatic heterocycles. The summed E-state index contributed by atoms with van der Waals surface area (Å²) in [6.07, 6.45) is -1.47. The zero-order valence-corrected chi connectivity index (χ0v) is 19.8. The molecule has 4 N–H and O–H groups in total. The van der Waals surface area contributed by atoms with Crippen LogP contribution in [0.1, 0.15) is 24.4 Å². The van der Waals surface area contributed by atoms with Crippen LogP contribution in [0.25, 0.3) is 33.2 Å². The Balaban J connectivity index is 1.69. The molecule has 1 atom stereocenters. The zero-order valence-electron chi connectivity index (χ0n) is 19.8. The van der Waals surface area contributed by atoms with Crippen molar-refractivity contribution in [2.45, 2.75) is 31.1 Å². The first kappa shape index (κ1) is 25.1. The van der Waals surface area contributed by atoms with Crippen LogP contribution in [0.2, 0.25) is 0 Å². The summed E-state index contributed by atoms with van der Waals surface area (Å²) < 4.78 is 68.0. The van der Waals surface area contributed by atoms with E-state index >= 15 is 0 Å². The minimum absolute atomic E-state index is 0.0440. The summed E-state index contributed by atoms with van der Waals surface area (Å²) in [4.78, 5) is 6.67. The molecule has 9 heteroatoms. The molecule has 192 valence electrons. The molecule has 2 heterocycles. The number of hydrogen-bond donors (Lipinski definition) is 2. The lowest BCUT2D eigenvalue weighted by molar-refractivity contribution is -0.149. The summed E-state index contributed by atoms with van der Waals surface area (Å²) >= 11 is 0. The van der Waals surface area contributed by atoms with Crippen LogP contribution in [0.3, 0.4) is 0 Å². The molecular weight excluding hydrogens is 487 g/mol. The van der Waals surface area contributed by atoms with Crippen molar-refractivity contribution < 1.29 is 22.0 Å². The van der Waals surface area contributed by atoms with Gasteiger partial charge in [-0.1, -0.05) is 24.3 Å². The summed E-state index contributed by atoms with van der Waals surface area (Å²) in [7, 11) is 0. The molecule has 0 spiro atoms. The number of aromatic nitrogens is 1. The molecule has 0 saturated carbocycles. The van der Waals surface area contributed by atoms with Crippen molar-refractivity contribution in [2.75, 3.05) is 18.0 Å². The second-order valence-corrected chi connectivity index (χ2v) is 9.38. The van der Waals surface area contributed by atoms with Gasteiger partial charge in [-0.05, 0) is 65.4 Å². The summed E-state index contributed by atoms with van der Waals surface area (Å²) in [5.41, 5.74) is 15.1. The smallest absolute Gasteiger partial charge is 0.370 e. The summed E-state index contributed by atoms with van der Waals surface area (Å²) in [5, 5.41) is 0.723. The highest BCUT2D eigenvalue weighted by molar-refractivity contribution is 6.01. The zero-order chi connectivity index (χ0) is 26.3. The van der Waals surface area contributed by atoms with Gasteiger partial charge in [0.15, 0.2) is 0 Å². The standard InChI is InChI=1S/C28H25F5N4/c29-20-11-19(12-21(30)14-20)24-15-36-25-5-4-17(13-23(25)26(24)37-8-6-22(34)7-9-37)16-2-1-3-18(10-16)27(35)28(31,32)33/h1-5,10-15,22,27H,6-9,34-35H2. The number of halogens is 5. The summed E-state index contributed by atoms with van der Waals surface area (Å²) in [6.45, 7) is 1.29. The van der Waals surface area contributed by atoms with Gasteiger partial charge in [0.25, 0.3) is 0 Å². The first-order valence-electron chi connectivity index (χ1n) is 11.9. The number of anilines is 1. The van der Waals surface area contributed by atoms with Crippen molar-refractivity contribution >= 4 is 16.6 Å². The van der Waals surface area contributed by atoms with Gasteiger partial charge in [-0.15, -0.1) is 0 Å². The molecule has 1 aliphatic rings. The molecule has 1 aliphatic heterocycles. The van der Waals surface area contributed by atoms with Crippen LogP contribution in [0.15, 0.2) is 66.9 Å². The van der Waals surface area contributed by atoms with E-state index in [-0.39, 0.29) is 11.6 Å². The van der Waals surface area contributed by atoms with Gasteiger partial charge in [-0.2, -0.15) is 13.2 Å². The highest BCUT2D eigenvalue weighted by Gasteiger charge is 2.37. The molecule has 5 rings (SSSR count). The van der Waals surface area contributed by atoms with Crippen LogP contribution in [0, 0.1) is 11.6 Å². The fourth-order valence-electron chi connectivity index (χ4n) is 4.84. The lowest BCUT2D eigenvalue weighted by atomic mass is 9.95. The molecule has 3 aromatic carbocycles. The van der Waals surface area contributed by atoms with Crippen LogP contribution < -0.4 is 16.4 Å². The van der Waals surface area contributed by atoms with E-state index in [0.717, 1.165) is 30.0 Å². The molecule has 1 fully saturated rings. The third kappa shape index (κ3) is 5.14. The number of pyridine rings is 1. The molecule has 0 amide bonds. The van der Waals surface area contributed by atoms with Crippen molar-refractivity contribution in [1.29, 1.82) is 0 Å². The quantitative estimate of drug-likeness (QED) is 0.313. The van der Waals surface area contributed by atoms with Gasteiger partial charge in [-0.3, -0.25) is 4.98 Å². The Morgan fingerprint density at radius 2 is 1.54 bits per heavy atom. The number of rotatable bonds is 4. The number of alkyl halides is 3. The van der Waals surface area contributed by atoms with Crippen molar-refractivity contribution in [3.63, 3.8) is 0 Å². The fourth-order valence-corrected chi connectivity index (χ4v) is 4.84. The van der Waals surface area contributed by atoms with E-state index in [0.29, 0.717) is 40.9 Å². The van der Waals surface area contributed by atoms with Crippen LogP contribution in [0.5, 0.6) is 0 Å². The number of nitrogens with two attached hydrogens (primary N) is 2. The average Bonchev–Trinajstić information content (AvgIpc) is 2.87. The van der Waals surface area contributed by atoms with E-state index in [9.17, 15) is 22.0 Å². The Morgan fingerprint density at radius 1 is 0.865 bits per heavy atom. The first-order valence-corrected chi connectivity index (χ1v) is 11.9. The molecule has 0 bridgehead atoms. The van der Waals surface area contributed by atoms with Gasteiger partial charge in [0.2, 0.25) is 0 Å². The maximum Gasteiger partial charge on any atom is 0.407 e. The third-order valence-corrected chi connectivity index (χ3v) is 6.80.